The molecule has 2 heterocycles. The largest absolute Gasteiger partial charge is 0.345 e. The highest BCUT2D eigenvalue weighted by atomic mass is 35.5. The number of rotatable bonds is 4. The Bertz CT molecular complexity index is 1140. The lowest BCUT2D eigenvalue weighted by Gasteiger charge is -2.29. The second-order valence-electron chi connectivity index (χ2n) is 6.22. The van der Waals surface area contributed by atoms with E-state index in [2.05, 4.69) is 20.6 Å². The van der Waals surface area contributed by atoms with Gasteiger partial charge in [-0.25, -0.2) is 27.5 Å². The molecule has 1 atom stereocenters. The van der Waals surface area contributed by atoms with Gasteiger partial charge in [0, 0.05) is 17.4 Å². The minimum absolute atomic E-state index is 0.105. The highest BCUT2D eigenvalue weighted by molar-refractivity contribution is 7.90. The van der Waals surface area contributed by atoms with E-state index in [1.165, 1.54) is 31.5 Å². The maximum absolute atomic E-state index is 12.9. The van der Waals surface area contributed by atoms with Crippen molar-refractivity contribution < 1.29 is 18.0 Å². The van der Waals surface area contributed by atoms with Crippen LogP contribution in [0.25, 0.3) is 0 Å². The first-order valence-electron chi connectivity index (χ1n) is 8.29. The summed E-state index contributed by atoms with van der Waals surface area (Å²) in [5.74, 6) is -0.497. The Morgan fingerprint density at radius 1 is 1.38 bits per heavy atom. The van der Waals surface area contributed by atoms with Crippen LogP contribution in [-0.4, -0.2) is 41.2 Å². The van der Waals surface area contributed by atoms with Crippen LogP contribution in [0.15, 0.2) is 29.4 Å². The summed E-state index contributed by atoms with van der Waals surface area (Å²) < 4.78 is 26.3. The SMILES string of the molecule is Cc1c(Cl)ccc2c1S(=O)(=O)N(CC(=O)N[C@@H](C)c1ncc(C#N)cn1)C(=O)N2. The van der Waals surface area contributed by atoms with Crippen molar-refractivity contribution in [2.45, 2.75) is 24.8 Å². The van der Waals surface area contributed by atoms with Crippen molar-refractivity contribution in [3.8, 4) is 6.07 Å². The van der Waals surface area contributed by atoms with Gasteiger partial charge in [0.15, 0.2) is 0 Å². The smallest absolute Gasteiger partial charge is 0.336 e. The van der Waals surface area contributed by atoms with E-state index >= 15 is 0 Å². The number of anilines is 1. The molecule has 1 aromatic heterocycles. The van der Waals surface area contributed by atoms with E-state index in [-0.39, 0.29) is 32.6 Å². The monoisotopic (exact) mass is 434 g/mol. The van der Waals surface area contributed by atoms with Crippen molar-refractivity contribution in [3.05, 3.63) is 46.5 Å². The molecule has 0 aliphatic carbocycles. The lowest BCUT2D eigenvalue weighted by Crippen LogP contribution is -2.49. The molecule has 0 spiro atoms. The first-order valence-corrected chi connectivity index (χ1v) is 10.1. The van der Waals surface area contributed by atoms with E-state index in [0.29, 0.717) is 4.31 Å². The molecule has 2 aromatic rings. The molecule has 2 N–H and O–H groups in total. The number of carbonyl (C=O) groups is 2. The number of hydrogen-bond acceptors (Lipinski definition) is 7. The maximum Gasteiger partial charge on any atom is 0.336 e. The molecular weight excluding hydrogens is 420 g/mol. The number of nitrogens with one attached hydrogen (secondary N) is 2. The summed E-state index contributed by atoms with van der Waals surface area (Å²) in [6, 6.07) is 3.13. The van der Waals surface area contributed by atoms with E-state index in [1.807, 2.05) is 6.07 Å². The lowest BCUT2D eigenvalue weighted by atomic mass is 10.2. The minimum atomic E-state index is -4.28. The number of sulfonamides is 1. The van der Waals surface area contributed by atoms with Crippen LogP contribution in [0.1, 0.15) is 29.9 Å². The zero-order valence-electron chi connectivity index (χ0n) is 15.3. The highest BCUT2D eigenvalue weighted by Crippen LogP contribution is 2.35. The number of halogens is 1. The van der Waals surface area contributed by atoms with Crippen LogP contribution in [0.4, 0.5) is 10.5 Å². The lowest BCUT2D eigenvalue weighted by molar-refractivity contribution is -0.121. The molecule has 12 heteroatoms. The molecule has 0 fully saturated rings. The van der Waals surface area contributed by atoms with Gasteiger partial charge in [0.05, 0.1) is 17.3 Å². The summed E-state index contributed by atoms with van der Waals surface area (Å²) in [6.07, 6.45) is 2.61. The molecule has 1 aliphatic heterocycles. The minimum Gasteiger partial charge on any atom is -0.345 e. The van der Waals surface area contributed by atoms with Gasteiger partial charge in [-0.05, 0) is 31.5 Å². The van der Waals surface area contributed by atoms with Gasteiger partial charge in [0.25, 0.3) is 10.0 Å². The van der Waals surface area contributed by atoms with Gasteiger partial charge in [-0.1, -0.05) is 11.6 Å². The van der Waals surface area contributed by atoms with Crippen molar-refractivity contribution in [1.29, 1.82) is 5.26 Å². The molecule has 0 saturated carbocycles. The molecule has 0 radical (unpaired) electrons. The Kier molecular flexibility index (Phi) is 5.41. The Hall–Kier alpha value is -3.23. The van der Waals surface area contributed by atoms with E-state index in [1.54, 1.807) is 6.92 Å². The summed E-state index contributed by atoms with van der Waals surface area (Å²) in [4.78, 5) is 32.5. The van der Waals surface area contributed by atoms with Crippen LogP contribution in [0, 0.1) is 18.3 Å². The number of carbonyl (C=O) groups excluding carboxylic acids is 2. The van der Waals surface area contributed by atoms with Crippen LogP contribution in [0.3, 0.4) is 0 Å². The molecule has 3 rings (SSSR count). The third-order valence-corrected chi connectivity index (χ3v) is 6.54. The number of fused-ring (bicyclic) bond motifs is 1. The number of aromatic nitrogens is 2. The van der Waals surface area contributed by atoms with Gasteiger partial charge < -0.3 is 10.6 Å². The fraction of sp³-hybridized carbons (Fsp3) is 0.235. The third kappa shape index (κ3) is 3.85. The molecular formula is C17H15ClN6O4S. The van der Waals surface area contributed by atoms with Crippen molar-refractivity contribution >= 4 is 39.2 Å². The second-order valence-corrected chi connectivity index (χ2v) is 8.43. The second kappa shape index (κ2) is 7.65. The summed E-state index contributed by atoms with van der Waals surface area (Å²) in [6.45, 7) is 2.36. The van der Waals surface area contributed by atoms with Gasteiger partial charge in [0.2, 0.25) is 5.91 Å². The van der Waals surface area contributed by atoms with Crippen molar-refractivity contribution in [2.24, 2.45) is 0 Å². The summed E-state index contributed by atoms with van der Waals surface area (Å²) in [7, 11) is -4.28. The Balaban J connectivity index is 1.80. The Morgan fingerprint density at radius 3 is 2.66 bits per heavy atom. The standard InChI is InChI=1S/C17H15ClN6O4S/c1-9-12(18)3-4-13-15(9)29(27,28)24(17(26)23-13)8-14(25)22-10(2)16-20-6-11(5-19)7-21-16/h3-4,6-7,10H,8H2,1-2H3,(H,22,25)(H,23,26)/t10-/m0/s1. The summed E-state index contributed by atoms with van der Waals surface area (Å²) in [5.41, 5.74) is 0.637. The van der Waals surface area contributed by atoms with E-state index < -0.39 is 34.5 Å². The molecule has 0 saturated heterocycles. The molecule has 3 amide bonds. The van der Waals surface area contributed by atoms with Gasteiger partial charge in [-0.2, -0.15) is 5.26 Å². The summed E-state index contributed by atoms with van der Waals surface area (Å²) in [5, 5.41) is 14.0. The number of hydrogen-bond donors (Lipinski definition) is 2. The fourth-order valence-electron chi connectivity index (χ4n) is 2.75. The first-order chi connectivity index (χ1) is 13.6. The van der Waals surface area contributed by atoms with Crippen LogP contribution in [-0.2, 0) is 14.8 Å². The number of nitriles is 1. The van der Waals surface area contributed by atoms with Crippen molar-refractivity contribution in [1.82, 2.24) is 19.6 Å². The van der Waals surface area contributed by atoms with E-state index in [4.69, 9.17) is 16.9 Å². The predicted octanol–water partition coefficient (Wildman–Crippen LogP) is 1.72. The van der Waals surface area contributed by atoms with E-state index in [0.717, 1.165) is 0 Å². The zero-order valence-corrected chi connectivity index (χ0v) is 16.9. The van der Waals surface area contributed by atoms with Gasteiger partial charge in [-0.3, -0.25) is 4.79 Å². The normalized spacial score (nSPS) is 15.7. The molecule has 1 aliphatic rings. The summed E-state index contributed by atoms with van der Waals surface area (Å²) >= 11 is 6.01. The highest BCUT2D eigenvalue weighted by Gasteiger charge is 2.39. The quantitative estimate of drug-likeness (QED) is 0.744. The molecule has 29 heavy (non-hydrogen) atoms. The van der Waals surface area contributed by atoms with Gasteiger partial charge >= 0.3 is 6.03 Å². The molecule has 0 unspecified atom stereocenters. The fourth-order valence-corrected chi connectivity index (χ4v) is 4.63. The predicted molar refractivity (Wildman–Crippen MR) is 102 cm³/mol. The topological polar surface area (TPSA) is 145 Å². The van der Waals surface area contributed by atoms with Crippen molar-refractivity contribution in [3.63, 3.8) is 0 Å². The van der Waals surface area contributed by atoms with Crippen LogP contribution < -0.4 is 10.6 Å². The molecule has 10 nitrogen and oxygen atoms in total. The molecule has 150 valence electrons. The number of urea groups is 1. The first kappa shape index (κ1) is 20.5. The van der Waals surface area contributed by atoms with Crippen LogP contribution >= 0.6 is 11.6 Å². The average molecular weight is 435 g/mol. The maximum atomic E-state index is 12.9. The van der Waals surface area contributed by atoms with Crippen molar-refractivity contribution in [2.75, 3.05) is 11.9 Å². The third-order valence-electron chi connectivity index (χ3n) is 4.21. The Labute approximate surface area is 171 Å². The number of nitrogens with zero attached hydrogens (tertiary/aromatic N) is 4. The molecule has 1 aromatic carbocycles. The average Bonchev–Trinajstić information content (AvgIpc) is 2.67. The Morgan fingerprint density at radius 2 is 2.03 bits per heavy atom. The zero-order chi connectivity index (χ0) is 21.3. The number of benzene rings is 1. The van der Waals surface area contributed by atoms with Gasteiger partial charge in [-0.15, -0.1) is 0 Å². The van der Waals surface area contributed by atoms with Gasteiger partial charge in [0.1, 0.15) is 23.3 Å². The molecule has 0 bridgehead atoms. The van der Waals surface area contributed by atoms with Crippen LogP contribution in [0.2, 0.25) is 5.02 Å². The van der Waals surface area contributed by atoms with E-state index in [9.17, 15) is 18.0 Å². The number of amides is 3. The van der Waals surface area contributed by atoms with Crippen LogP contribution in [0.5, 0.6) is 0 Å².